The van der Waals surface area contributed by atoms with Crippen molar-refractivity contribution < 1.29 is 13.2 Å². The van der Waals surface area contributed by atoms with Crippen LogP contribution in [0.4, 0.5) is 0 Å². The molecule has 0 unspecified atom stereocenters. The van der Waals surface area contributed by atoms with Crippen molar-refractivity contribution in [2.75, 3.05) is 24.6 Å². The Morgan fingerprint density at radius 1 is 1.14 bits per heavy atom. The van der Waals surface area contributed by atoms with Crippen LogP contribution in [0, 0.1) is 0 Å². The number of carbonyl (C=O) groups is 1. The first kappa shape index (κ1) is 19.9. The Balaban J connectivity index is 0.00000400. The Hall–Kier alpha value is -1.11. The van der Waals surface area contributed by atoms with E-state index in [9.17, 15) is 13.2 Å². The van der Waals surface area contributed by atoms with Gasteiger partial charge >= 0.3 is 0 Å². The summed E-state index contributed by atoms with van der Waals surface area (Å²) in [6.07, 6.45) is 1.89. The van der Waals surface area contributed by atoms with Gasteiger partial charge in [0.2, 0.25) is 5.91 Å². The summed E-state index contributed by atoms with van der Waals surface area (Å²) in [6.45, 7) is 0.902. The van der Waals surface area contributed by atoms with Crippen LogP contribution in [0.2, 0.25) is 0 Å². The monoisotopic (exact) mass is 334 g/mol. The van der Waals surface area contributed by atoms with Crippen molar-refractivity contribution >= 4 is 28.2 Å². The third-order valence-corrected chi connectivity index (χ3v) is 4.43. The van der Waals surface area contributed by atoms with Crippen LogP contribution in [-0.4, -0.2) is 38.9 Å². The molecule has 1 aromatic rings. The number of hydrogen-bond acceptors (Lipinski definition) is 4. The first-order valence-corrected chi connectivity index (χ1v) is 8.57. The molecule has 1 aromatic carbocycles. The molecule has 21 heavy (non-hydrogen) atoms. The molecule has 0 heterocycles. The van der Waals surface area contributed by atoms with Crippen molar-refractivity contribution in [2.24, 2.45) is 5.73 Å². The van der Waals surface area contributed by atoms with Crippen LogP contribution in [0.5, 0.6) is 0 Å². The predicted octanol–water partition coefficient (Wildman–Crippen LogP) is 0.921. The molecule has 120 valence electrons. The van der Waals surface area contributed by atoms with Gasteiger partial charge in [-0.15, -0.1) is 12.4 Å². The van der Waals surface area contributed by atoms with Crippen molar-refractivity contribution in [1.29, 1.82) is 0 Å². The summed E-state index contributed by atoms with van der Waals surface area (Å²) in [4.78, 5) is 11.4. The van der Waals surface area contributed by atoms with Crippen LogP contribution in [-0.2, 0) is 21.1 Å². The molecule has 0 saturated heterocycles. The van der Waals surface area contributed by atoms with Gasteiger partial charge in [-0.3, -0.25) is 4.79 Å². The molecule has 0 aromatic heterocycles. The van der Waals surface area contributed by atoms with E-state index in [1.807, 2.05) is 30.3 Å². The van der Waals surface area contributed by atoms with Gasteiger partial charge in [0.15, 0.2) is 9.84 Å². The van der Waals surface area contributed by atoms with Crippen molar-refractivity contribution in [3.8, 4) is 0 Å². The summed E-state index contributed by atoms with van der Waals surface area (Å²) in [5, 5.41) is 2.55. The molecule has 1 rings (SSSR count). The molecule has 1 amide bonds. The molecule has 0 aliphatic carbocycles. The average Bonchev–Trinajstić information content (AvgIpc) is 2.39. The molecule has 7 heteroatoms. The van der Waals surface area contributed by atoms with Crippen molar-refractivity contribution in [3.63, 3.8) is 0 Å². The summed E-state index contributed by atoms with van der Waals surface area (Å²) >= 11 is 0. The number of hydrogen-bond donors (Lipinski definition) is 2. The molecule has 0 spiro atoms. The molecule has 0 bridgehead atoms. The Labute approximate surface area is 132 Å². The molecule has 0 fully saturated rings. The zero-order valence-corrected chi connectivity index (χ0v) is 13.6. The standard InChI is InChI=1S/C14H22N2O3S.ClH/c15-9-5-10-16-14(17)12-20(18,19)11-4-8-13-6-2-1-3-7-13;/h1-3,6-7H,4-5,8-12,15H2,(H,16,17);1H. The maximum absolute atomic E-state index is 11.8. The number of nitrogens with one attached hydrogen (secondary N) is 1. The van der Waals surface area contributed by atoms with Crippen molar-refractivity contribution in [1.82, 2.24) is 5.32 Å². The number of carbonyl (C=O) groups excluding carboxylic acids is 1. The first-order valence-electron chi connectivity index (χ1n) is 6.74. The van der Waals surface area contributed by atoms with E-state index < -0.39 is 21.5 Å². The Kier molecular flexibility index (Phi) is 10.0. The van der Waals surface area contributed by atoms with E-state index in [1.54, 1.807) is 0 Å². The third-order valence-electron chi connectivity index (χ3n) is 2.82. The summed E-state index contributed by atoms with van der Waals surface area (Å²) in [7, 11) is -3.33. The largest absolute Gasteiger partial charge is 0.355 e. The van der Waals surface area contributed by atoms with Gasteiger partial charge in [-0.25, -0.2) is 8.42 Å². The number of sulfone groups is 1. The van der Waals surface area contributed by atoms with E-state index in [-0.39, 0.29) is 18.2 Å². The molecular formula is C14H23ClN2O3S. The van der Waals surface area contributed by atoms with Crippen molar-refractivity contribution in [3.05, 3.63) is 35.9 Å². The van der Waals surface area contributed by atoms with E-state index in [4.69, 9.17) is 5.73 Å². The van der Waals surface area contributed by atoms with E-state index in [2.05, 4.69) is 5.32 Å². The molecule has 0 atom stereocenters. The van der Waals surface area contributed by atoms with Crippen LogP contribution in [0.1, 0.15) is 18.4 Å². The second-order valence-corrected chi connectivity index (χ2v) is 6.86. The maximum Gasteiger partial charge on any atom is 0.235 e. The lowest BCUT2D eigenvalue weighted by atomic mass is 10.1. The lowest BCUT2D eigenvalue weighted by molar-refractivity contribution is -0.118. The fourth-order valence-electron chi connectivity index (χ4n) is 1.79. The second kappa shape index (κ2) is 10.6. The maximum atomic E-state index is 11.8. The van der Waals surface area contributed by atoms with Crippen LogP contribution in [0.15, 0.2) is 30.3 Å². The van der Waals surface area contributed by atoms with Gasteiger partial charge in [0.25, 0.3) is 0 Å². The minimum absolute atomic E-state index is 0. The van der Waals surface area contributed by atoms with Crippen LogP contribution in [0.3, 0.4) is 0 Å². The SMILES string of the molecule is Cl.NCCCNC(=O)CS(=O)(=O)CCCc1ccccc1. The highest BCUT2D eigenvalue weighted by Gasteiger charge is 2.15. The molecule has 0 saturated carbocycles. The molecule has 0 aliphatic rings. The Morgan fingerprint density at radius 2 is 1.81 bits per heavy atom. The fourth-order valence-corrected chi connectivity index (χ4v) is 3.02. The fraction of sp³-hybridized carbons (Fsp3) is 0.500. The zero-order chi connectivity index (χ0) is 14.8. The highest BCUT2D eigenvalue weighted by atomic mass is 35.5. The van der Waals surface area contributed by atoms with E-state index >= 15 is 0 Å². The second-order valence-electron chi connectivity index (χ2n) is 4.67. The number of rotatable bonds is 9. The van der Waals surface area contributed by atoms with Gasteiger partial charge in [0, 0.05) is 6.54 Å². The minimum Gasteiger partial charge on any atom is -0.355 e. The quantitative estimate of drug-likeness (QED) is 0.657. The van der Waals surface area contributed by atoms with E-state index in [0.717, 1.165) is 5.56 Å². The zero-order valence-electron chi connectivity index (χ0n) is 12.0. The number of aryl methyl sites for hydroxylation is 1. The van der Waals surface area contributed by atoms with Crippen LogP contribution >= 0.6 is 12.4 Å². The predicted molar refractivity (Wildman–Crippen MR) is 87.3 cm³/mol. The van der Waals surface area contributed by atoms with Gasteiger partial charge in [0.1, 0.15) is 5.75 Å². The number of benzene rings is 1. The summed E-state index contributed by atoms with van der Waals surface area (Å²) in [5.41, 5.74) is 6.40. The van der Waals surface area contributed by atoms with Crippen molar-refractivity contribution in [2.45, 2.75) is 19.3 Å². The molecule has 0 aliphatic heterocycles. The third kappa shape index (κ3) is 9.44. The Bertz CT molecular complexity index is 506. The smallest absolute Gasteiger partial charge is 0.235 e. The Morgan fingerprint density at radius 3 is 2.43 bits per heavy atom. The lowest BCUT2D eigenvalue weighted by Crippen LogP contribution is -2.32. The first-order chi connectivity index (χ1) is 9.53. The number of halogens is 1. The average molecular weight is 335 g/mol. The normalized spacial score (nSPS) is 10.7. The number of amides is 1. The van der Waals surface area contributed by atoms with Crippen LogP contribution < -0.4 is 11.1 Å². The summed E-state index contributed by atoms with van der Waals surface area (Å²) in [5.74, 6) is -0.850. The lowest BCUT2D eigenvalue weighted by Gasteiger charge is -2.06. The highest BCUT2D eigenvalue weighted by molar-refractivity contribution is 7.92. The van der Waals surface area contributed by atoms with Gasteiger partial charge in [-0.2, -0.15) is 0 Å². The molecule has 0 radical (unpaired) electrons. The highest BCUT2D eigenvalue weighted by Crippen LogP contribution is 2.04. The van der Waals surface area contributed by atoms with E-state index in [1.165, 1.54) is 0 Å². The van der Waals surface area contributed by atoms with Gasteiger partial charge in [-0.1, -0.05) is 30.3 Å². The summed E-state index contributed by atoms with van der Waals surface area (Å²) in [6, 6.07) is 9.70. The van der Waals surface area contributed by atoms with Gasteiger partial charge in [-0.05, 0) is 31.4 Å². The topological polar surface area (TPSA) is 89.3 Å². The molecule has 3 N–H and O–H groups in total. The van der Waals surface area contributed by atoms with Gasteiger partial charge in [0.05, 0.1) is 5.75 Å². The summed E-state index contributed by atoms with van der Waals surface area (Å²) < 4.78 is 23.6. The van der Waals surface area contributed by atoms with Crippen LogP contribution in [0.25, 0.3) is 0 Å². The molecule has 5 nitrogen and oxygen atoms in total. The number of nitrogens with two attached hydrogens (primary N) is 1. The van der Waals surface area contributed by atoms with E-state index in [0.29, 0.717) is 32.4 Å². The molecular weight excluding hydrogens is 312 g/mol. The minimum atomic E-state index is -3.33. The van der Waals surface area contributed by atoms with Gasteiger partial charge < -0.3 is 11.1 Å².